The summed E-state index contributed by atoms with van der Waals surface area (Å²) >= 11 is 0. The summed E-state index contributed by atoms with van der Waals surface area (Å²) in [6.45, 7) is 4.76. The summed E-state index contributed by atoms with van der Waals surface area (Å²) in [5.74, 6) is 0.886. The Morgan fingerprint density at radius 3 is 3.06 bits per heavy atom. The van der Waals surface area contributed by atoms with E-state index in [-0.39, 0.29) is 0 Å². The van der Waals surface area contributed by atoms with Crippen LogP contribution in [0.4, 0.5) is 0 Å². The van der Waals surface area contributed by atoms with Crippen LogP contribution in [0.5, 0.6) is 0 Å². The highest BCUT2D eigenvalue weighted by atomic mass is 15.1. The van der Waals surface area contributed by atoms with Crippen molar-refractivity contribution >= 4 is 11.9 Å². The van der Waals surface area contributed by atoms with Gasteiger partial charge in [0.25, 0.3) is 0 Å². The van der Waals surface area contributed by atoms with E-state index in [2.05, 4.69) is 15.3 Å². The topological polar surface area (TPSA) is 42.2 Å². The second-order valence-corrected chi connectivity index (χ2v) is 3.71. The number of hydrogen-bond donors (Lipinski definition) is 1. The molecule has 0 aromatic carbocycles. The van der Waals surface area contributed by atoms with Crippen LogP contribution >= 0.6 is 0 Å². The van der Waals surface area contributed by atoms with Crippen LogP contribution in [0.15, 0.2) is 48.0 Å². The van der Waals surface area contributed by atoms with Crippen LogP contribution in [0.3, 0.4) is 0 Å². The minimum Gasteiger partial charge on any atom is -0.316 e. The predicted octanol–water partition coefficient (Wildman–Crippen LogP) is 2.47. The second kappa shape index (κ2) is 8.20. The van der Waals surface area contributed by atoms with E-state index in [4.69, 9.17) is 0 Å². The zero-order valence-corrected chi connectivity index (χ0v) is 11.2. The Hall–Kier alpha value is -1.94. The summed E-state index contributed by atoms with van der Waals surface area (Å²) < 4.78 is 1.90. The average molecular weight is 244 g/mol. The lowest BCUT2D eigenvalue weighted by atomic mass is 10.4. The van der Waals surface area contributed by atoms with E-state index in [0.717, 1.165) is 18.1 Å². The maximum atomic E-state index is 4.31. The normalized spacial score (nSPS) is 13.4. The Bertz CT molecular complexity index is 464. The number of hydrogen-bond acceptors (Lipinski definition) is 3. The summed E-state index contributed by atoms with van der Waals surface area (Å²) in [5.41, 5.74) is 0.928. The first-order valence-corrected chi connectivity index (χ1v) is 5.95. The van der Waals surface area contributed by atoms with E-state index in [1.54, 1.807) is 12.5 Å². The van der Waals surface area contributed by atoms with Crippen LogP contribution in [0, 0.1) is 0 Å². The van der Waals surface area contributed by atoms with Gasteiger partial charge in [-0.05, 0) is 33.0 Å². The van der Waals surface area contributed by atoms with Crippen LogP contribution < -0.4 is 5.32 Å². The number of nitrogens with zero attached hydrogens (tertiary/aromatic N) is 3. The monoisotopic (exact) mass is 244 g/mol. The number of nitrogens with one attached hydrogen (secondary N) is 1. The predicted molar refractivity (Wildman–Crippen MR) is 77.6 cm³/mol. The largest absolute Gasteiger partial charge is 0.316 e. The highest BCUT2D eigenvalue weighted by Gasteiger charge is 1.96. The van der Waals surface area contributed by atoms with Gasteiger partial charge in [0.15, 0.2) is 0 Å². The lowest BCUT2D eigenvalue weighted by molar-refractivity contribution is 0.922. The van der Waals surface area contributed by atoms with Crippen molar-refractivity contribution in [3.05, 3.63) is 48.7 Å². The maximum absolute atomic E-state index is 4.31. The molecule has 0 amide bonds. The lowest BCUT2D eigenvalue weighted by Gasteiger charge is -1.96. The van der Waals surface area contributed by atoms with Gasteiger partial charge in [0, 0.05) is 18.9 Å². The summed E-state index contributed by atoms with van der Waals surface area (Å²) in [6.07, 6.45) is 15.3. The molecule has 0 atom stereocenters. The van der Waals surface area contributed by atoms with E-state index in [1.807, 2.05) is 62.0 Å². The Labute approximate surface area is 108 Å². The third kappa shape index (κ3) is 4.93. The number of likely N-dealkylation sites (N-methyl/N-ethyl adjacent to an activating group) is 1. The minimum absolute atomic E-state index is 0.839. The van der Waals surface area contributed by atoms with Gasteiger partial charge in [-0.3, -0.25) is 4.57 Å². The molecular weight excluding hydrogens is 224 g/mol. The van der Waals surface area contributed by atoms with E-state index in [0.29, 0.717) is 0 Å². The van der Waals surface area contributed by atoms with Crippen molar-refractivity contribution in [2.45, 2.75) is 13.8 Å². The molecular formula is C14H20N4. The Balaban J connectivity index is 2.67. The summed E-state index contributed by atoms with van der Waals surface area (Å²) in [7, 11) is 1.91. The van der Waals surface area contributed by atoms with Gasteiger partial charge in [0.1, 0.15) is 12.2 Å². The number of allylic oxidation sites excluding steroid dienone is 3. The first-order valence-electron chi connectivity index (χ1n) is 5.95. The number of aromatic nitrogens is 2. The van der Waals surface area contributed by atoms with Crippen LogP contribution in [0.2, 0.25) is 0 Å². The van der Waals surface area contributed by atoms with Gasteiger partial charge in [-0.25, -0.2) is 9.98 Å². The molecule has 0 unspecified atom stereocenters. The molecule has 1 N–H and O–H groups in total. The Kier molecular flexibility index (Phi) is 6.43. The molecule has 1 aromatic heterocycles. The molecule has 0 bridgehead atoms. The molecule has 0 aliphatic rings. The first-order chi connectivity index (χ1) is 8.77. The van der Waals surface area contributed by atoms with Crippen molar-refractivity contribution in [3.8, 4) is 0 Å². The quantitative estimate of drug-likeness (QED) is 0.491. The van der Waals surface area contributed by atoms with E-state index < -0.39 is 0 Å². The molecule has 4 heteroatoms. The number of imidazole rings is 1. The molecule has 1 heterocycles. The van der Waals surface area contributed by atoms with E-state index in [9.17, 15) is 0 Å². The molecule has 0 aliphatic carbocycles. The lowest BCUT2D eigenvalue weighted by Crippen LogP contribution is -2.04. The molecule has 1 aromatic rings. The smallest absolute Gasteiger partial charge is 0.110 e. The van der Waals surface area contributed by atoms with E-state index in [1.165, 1.54) is 0 Å². The Morgan fingerprint density at radius 1 is 1.50 bits per heavy atom. The molecule has 0 fully saturated rings. The summed E-state index contributed by atoms with van der Waals surface area (Å²) in [5, 5.41) is 3.05. The highest BCUT2D eigenvalue weighted by Crippen LogP contribution is 1.99. The maximum Gasteiger partial charge on any atom is 0.110 e. The van der Waals surface area contributed by atoms with Crippen molar-refractivity contribution in [2.24, 2.45) is 4.99 Å². The molecule has 0 saturated carbocycles. The fourth-order valence-electron chi connectivity index (χ4n) is 1.28. The zero-order chi connectivity index (χ0) is 13.2. The van der Waals surface area contributed by atoms with Gasteiger partial charge in [0.05, 0.1) is 5.69 Å². The summed E-state index contributed by atoms with van der Waals surface area (Å²) in [4.78, 5) is 8.60. The fraction of sp³-hybridized carbons (Fsp3) is 0.286. The molecule has 4 nitrogen and oxygen atoms in total. The fourth-order valence-corrected chi connectivity index (χ4v) is 1.28. The number of aliphatic imine (C=N–C) groups is 1. The van der Waals surface area contributed by atoms with Gasteiger partial charge < -0.3 is 5.32 Å². The van der Waals surface area contributed by atoms with Crippen LogP contribution in [-0.2, 0) is 0 Å². The highest BCUT2D eigenvalue weighted by molar-refractivity contribution is 5.82. The zero-order valence-electron chi connectivity index (χ0n) is 11.2. The number of rotatable bonds is 5. The third-order valence-corrected chi connectivity index (χ3v) is 2.24. The molecule has 18 heavy (non-hydrogen) atoms. The van der Waals surface area contributed by atoms with Gasteiger partial charge >= 0.3 is 0 Å². The first kappa shape index (κ1) is 14.1. The average Bonchev–Trinajstić information content (AvgIpc) is 2.84. The molecule has 0 saturated heterocycles. The van der Waals surface area contributed by atoms with Crippen molar-refractivity contribution in [3.63, 3.8) is 0 Å². The summed E-state index contributed by atoms with van der Waals surface area (Å²) in [6, 6.07) is 0. The van der Waals surface area contributed by atoms with Gasteiger partial charge in [-0.15, -0.1) is 0 Å². The van der Waals surface area contributed by atoms with E-state index >= 15 is 0 Å². The standard InChI is InChI=1S/C14H20N4/c1-4-5-6-10-16-13(2)18-11-14(17-12-18)8-7-9-15-3/h4-8,10-12,15H,9H2,1-3H3/b5-4?,8-7+,10-6-,16-13?. The van der Waals surface area contributed by atoms with Crippen molar-refractivity contribution in [1.29, 1.82) is 0 Å². The van der Waals surface area contributed by atoms with Gasteiger partial charge in [-0.2, -0.15) is 0 Å². The second-order valence-electron chi connectivity index (χ2n) is 3.71. The Morgan fingerprint density at radius 2 is 2.33 bits per heavy atom. The van der Waals surface area contributed by atoms with Crippen molar-refractivity contribution < 1.29 is 0 Å². The van der Waals surface area contributed by atoms with Crippen molar-refractivity contribution in [2.75, 3.05) is 13.6 Å². The minimum atomic E-state index is 0.839. The molecule has 0 spiro atoms. The van der Waals surface area contributed by atoms with Crippen LogP contribution in [0.1, 0.15) is 19.5 Å². The molecule has 1 rings (SSSR count). The van der Waals surface area contributed by atoms with Gasteiger partial charge in [-0.1, -0.05) is 18.2 Å². The van der Waals surface area contributed by atoms with Crippen molar-refractivity contribution in [1.82, 2.24) is 14.9 Å². The van der Waals surface area contributed by atoms with Crippen LogP contribution in [0.25, 0.3) is 6.08 Å². The van der Waals surface area contributed by atoms with Crippen LogP contribution in [-0.4, -0.2) is 29.0 Å². The van der Waals surface area contributed by atoms with Gasteiger partial charge in [0.2, 0.25) is 0 Å². The SMILES string of the molecule is CC=C/C=C\N=C(C)n1cnc(/C=C/CNC)c1. The molecule has 0 aliphatic heterocycles. The third-order valence-electron chi connectivity index (χ3n) is 2.24. The molecule has 0 radical (unpaired) electrons. The molecule has 96 valence electrons.